The molecule has 0 aliphatic carbocycles. The first-order chi connectivity index (χ1) is 10.1. The number of benzene rings is 1. The molecule has 1 aromatic rings. The Labute approximate surface area is 132 Å². The monoisotopic (exact) mass is 330 g/mol. The molecule has 0 radical (unpaired) electrons. The molecule has 0 atom stereocenters. The first kappa shape index (κ1) is 18.5. The van der Waals surface area contributed by atoms with Crippen LogP contribution in [0.25, 0.3) is 0 Å². The lowest BCUT2D eigenvalue weighted by molar-refractivity contribution is 0.573. The molecule has 21 heavy (non-hydrogen) atoms. The predicted molar refractivity (Wildman–Crippen MR) is 91.8 cm³/mol. The van der Waals surface area contributed by atoms with Crippen molar-refractivity contribution in [1.29, 1.82) is 0 Å². The average molecular weight is 331 g/mol. The van der Waals surface area contributed by atoms with E-state index in [0.717, 1.165) is 24.0 Å². The van der Waals surface area contributed by atoms with Crippen LogP contribution >= 0.6 is 11.8 Å². The van der Waals surface area contributed by atoms with Gasteiger partial charge in [-0.15, -0.1) is 0 Å². The van der Waals surface area contributed by atoms with E-state index in [1.54, 1.807) is 0 Å². The fraction of sp³-hybridized carbons (Fsp3) is 0.600. The van der Waals surface area contributed by atoms with Gasteiger partial charge in [0.1, 0.15) is 0 Å². The maximum absolute atomic E-state index is 12.0. The van der Waals surface area contributed by atoms with E-state index in [2.05, 4.69) is 11.0 Å². The highest BCUT2D eigenvalue weighted by Gasteiger charge is 2.10. The molecule has 4 nitrogen and oxygen atoms in total. The van der Waals surface area contributed by atoms with E-state index < -0.39 is 10.0 Å². The summed E-state index contributed by atoms with van der Waals surface area (Å²) in [4.78, 5) is 0. The number of nitrogens with one attached hydrogen (secondary N) is 1. The maximum atomic E-state index is 12.0. The van der Waals surface area contributed by atoms with E-state index in [0.29, 0.717) is 13.1 Å². The molecule has 0 aromatic heterocycles. The molecule has 0 fully saturated rings. The van der Waals surface area contributed by atoms with Crippen molar-refractivity contribution in [2.24, 2.45) is 5.73 Å². The minimum absolute atomic E-state index is 0.0321. The Kier molecular flexibility index (Phi) is 8.99. The van der Waals surface area contributed by atoms with Crippen molar-refractivity contribution in [3.8, 4) is 0 Å². The summed E-state index contributed by atoms with van der Waals surface area (Å²) in [7, 11) is -3.24. The summed E-state index contributed by atoms with van der Waals surface area (Å²) in [5, 5.41) is 0. The molecular formula is C15H26N2O2S2. The van der Waals surface area contributed by atoms with Gasteiger partial charge in [0, 0.05) is 13.1 Å². The van der Waals surface area contributed by atoms with Gasteiger partial charge in [-0.3, -0.25) is 0 Å². The van der Waals surface area contributed by atoms with Gasteiger partial charge in [-0.05, 0) is 36.0 Å². The van der Waals surface area contributed by atoms with Crippen LogP contribution in [-0.2, 0) is 22.3 Å². The van der Waals surface area contributed by atoms with E-state index in [9.17, 15) is 8.42 Å². The third kappa shape index (κ3) is 8.46. The van der Waals surface area contributed by atoms with Crippen LogP contribution in [0.15, 0.2) is 24.3 Å². The Balaban J connectivity index is 2.26. The zero-order valence-corrected chi connectivity index (χ0v) is 14.3. The maximum Gasteiger partial charge on any atom is 0.215 e. The van der Waals surface area contributed by atoms with Gasteiger partial charge in [-0.25, -0.2) is 13.1 Å². The summed E-state index contributed by atoms with van der Waals surface area (Å²) in [6.45, 7) is 1.00. The Morgan fingerprint density at radius 2 is 1.67 bits per heavy atom. The van der Waals surface area contributed by atoms with Crippen molar-refractivity contribution in [3.63, 3.8) is 0 Å². The van der Waals surface area contributed by atoms with Gasteiger partial charge in [-0.2, -0.15) is 11.8 Å². The van der Waals surface area contributed by atoms with Gasteiger partial charge in [-0.1, -0.05) is 37.1 Å². The van der Waals surface area contributed by atoms with Crippen LogP contribution in [0.2, 0.25) is 0 Å². The number of nitrogens with two attached hydrogens (primary N) is 1. The zero-order chi connectivity index (χ0) is 15.6. The van der Waals surface area contributed by atoms with Crippen LogP contribution in [0.1, 0.15) is 36.8 Å². The third-order valence-electron chi connectivity index (χ3n) is 3.21. The average Bonchev–Trinajstić information content (AvgIpc) is 2.46. The van der Waals surface area contributed by atoms with E-state index in [-0.39, 0.29) is 5.75 Å². The molecule has 0 aliphatic rings. The number of hydrogen-bond acceptors (Lipinski definition) is 4. The molecule has 1 rings (SSSR count). The van der Waals surface area contributed by atoms with E-state index >= 15 is 0 Å². The molecule has 0 heterocycles. The Morgan fingerprint density at radius 3 is 2.29 bits per heavy atom. The molecule has 3 N–H and O–H groups in total. The molecule has 120 valence electrons. The Morgan fingerprint density at radius 1 is 1.05 bits per heavy atom. The van der Waals surface area contributed by atoms with Crippen molar-refractivity contribution in [2.75, 3.05) is 18.6 Å². The van der Waals surface area contributed by atoms with E-state index in [1.807, 2.05) is 36.0 Å². The molecule has 0 aliphatic heterocycles. The molecule has 6 heteroatoms. The normalized spacial score (nSPS) is 11.7. The van der Waals surface area contributed by atoms with Crippen molar-refractivity contribution in [3.05, 3.63) is 35.4 Å². The molecule has 0 spiro atoms. The van der Waals surface area contributed by atoms with Crippen molar-refractivity contribution < 1.29 is 8.42 Å². The van der Waals surface area contributed by atoms with Crippen molar-refractivity contribution >= 4 is 21.8 Å². The van der Waals surface area contributed by atoms with Crippen LogP contribution in [0.5, 0.6) is 0 Å². The molecule has 1 aromatic carbocycles. The molecule has 0 bridgehead atoms. The van der Waals surface area contributed by atoms with E-state index in [1.165, 1.54) is 18.6 Å². The van der Waals surface area contributed by atoms with Crippen LogP contribution < -0.4 is 10.5 Å². The molecule has 0 amide bonds. The second kappa shape index (κ2) is 10.2. The van der Waals surface area contributed by atoms with Crippen LogP contribution in [0.3, 0.4) is 0 Å². The molecule has 0 unspecified atom stereocenters. The van der Waals surface area contributed by atoms with Gasteiger partial charge in [0.2, 0.25) is 10.0 Å². The first-order valence-corrected chi connectivity index (χ1v) is 10.4. The smallest absolute Gasteiger partial charge is 0.215 e. The van der Waals surface area contributed by atoms with Gasteiger partial charge in [0.05, 0.1) is 5.75 Å². The number of sulfonamides is 1. The second-order valence-electron chi connectivity index (χ2n) is 5.08. The Bertz CT molecular complexity index is 487. The van der Waals surface area contributed by atoms with Gasteiger partial charge in [0.25, 0.3) is 0 Å². The van der Waals surface area contributed by atoms with Gasteiger partial charge in [0.15, 0.2) is 0 Å². The number of hydrogen-bond donors (Lipinski definition) is 2. The summed E-state index contributed by atoms with van der Waals surface area (Å²) >= 11 is 1.85. The highest BCUT2D eigenvalue weighted by atomic mass is 32.2. The summed E-state index contributed by atoms with van der Waals surface area (Å²) in [5.74, 6) is 1.22. The number of rotatable bonds is 11. The number of unbranched alkanes of at least 4 members (excludes halogenated alkanes) is 3. The van der Waals surface area contributed by atoms with Gasteiger partial charge < -0.3 is 5.73 Å². The third-order valence-corrected chi connectivity index (χ3v) is 5.27. The molecular weight excluding hydrogens is 304 g/mol. The van der Waals surface area contributed by atoms with Crippen LogP contribution in [0, 0.1) is 0 Å². The SMILES string of the molecule is CSCCCCCCNS(=O)(=O)Cc1ccc(CN)cc1. The summed E-state index contributed by atoms with van der Waals surface area (Å²) < 4.78 is 26.6. The minimum atomic E-state index is -3.24. The lowest BCUT2D eigenvalue weighted by Gasteiger charge is -2.07. The van der Waals surface area contributed by atoms with Crippen LogP contribution in [-0.4, -0.2) is 27.0 Å². The highest BCUT2D eigenvalue weighted by molar-refractivity contribution is 7.98. The quantitative estimate of drug-likeness (QED) is 0.612. The van der Waals surface area contributed by atoms with Gasteiger partial charge >= 0.3 is 0 Å². The fourth-order valence-electron chi connectivity index (χ4n) is 1.99. The first-order valence-electron chi connectivity index (χ1n) is 7.31. The topological polar surface area (TPSA) is 72.2 Å². The van der Waals surface area contributed by atoms with E-state index in [4.69, 9.17) is 5.73 Å². The minimum Gasteiger partial charge on any atom is -0.326 e. The van der Waals surface area contributed by atoms with Crippen molar-refractivity contribution in [2.45, 2.75) is 38.0 Å². The van der Waals surface area contributed by atoms with Crippen molar-refractivity contribution in [1.82, 2.24) is 4.72 Å². The summed E-state index contributed by atoms with van der Waals surface area (Å²) in [6.07, 6.45) is 6.47. The highest BCUT2D eigenvalue weighted by Crippen LogP contribution is 2.08. The predicted octanol–water partition coefficient (Wildman–Crippen LogP) is 2.49. The lowest BCUT2D eigenvalue weighted by atomic mass is 10.1. The summed E-state index contributed by atoms with van der Waals surface area (Å²) in [6, 6.07) is 7.39. The standard InChI is InChI=1S/C15H26N2O2S2/c1-20-11-5-3-2-4-10-17-21(18,19)13-15-8-6-14(12-16)7-9-15/h6-9,17H,2-5,10-13,16H2,1H3. The largest absolute Gasteiger partial charge is 0.326 e. The summed E-state index contributed by atoms with van der Waals surface area (Å²) in [5.41, 5.74) is 7.32. The lowest BCUT2D eigenvalue weighted by Crippen LogP contribution is -2.26. The Hall–Kier alpha value is -0.560. The molecule has 0 saturated heterocycles. The molecule has 0 saturated carbocycles. The fourth-order valence-corrected chi connectivity index (χ4v) is 3.68. The number of thioether (sulfide) groups is 1. The van der Waals surface area contributed by atoms with Crippen LogP contribution in [0.4, 0.5) is 0 Å². The zero-order valence-electron chi connectivity index (χ0n) is 12.7. The second-order valence-corrected chi connectivity index (χ2v) is 7.87.